The van der Waals surface area contributed by atoms with Gasteiger partial charge in [-0.2, -0.15) is 0 Å². The number of ether oxygens (including phenoxy) is 1. The molecule has 0 heterocycles. The molecule has 0 radical (unpaired) electrons. The van der Waals surface area contributed by atoms with Crippen LogP contribution >= 0.6 is 0 Å². The number of fused-ring (bicyclic) bond motifs is 1. The third kappa shape index (κ3) is 2.80. The van der Waals surface area contributed by atoms with Crippen LogP contribution in [-0.2, 0) is 0 Å². The largest absolute Gasteiger partial charge is 0.494 e. The third-order valence-electron chi connectivity index (χ3n) is 2.83. The highest BCUT2D eigenvalue weighted by Gasteiger charge is 2.04. The number of carbonyl (C=O) groups is 1. The van der Waals surface area contributed by atoms with Crippen molar-refractivity contribution in [2.45, 2.75) is 19.8 Å². The average molecular weight is 244 g/mol. The van der Waals surface area contributed by atoms with Gasteiger partial charge in [-0.15, -0.1) is 0 Å². The zero-order chi connectivity index (χ0) is 13.0. The lowest BCUT2D eigenvalue weighted by atomic mass is 10.1. The van der Waals surface area contributed by atoms with Crippen molar-refractivity contribution in [3.8, 4) is 5.75 Å². The molecule has 0 atom stereocenters. The second kappa shape index (κ2) is 5.54. The van der Waals surface area contributed by atoms with Gasteiger partial charge < -0.3 is 9.84 Å². The summed E-state index contributed by atoms with van der Waals surface area (Å²) < 4.78 is 5.62. The van der Waals surface area contributed by atoms with Crippen LogP contribution in [0.4, 0.5) is 0 Å². The predicted octanol–water partition coefficient (Wildman–Crippen LogP) is 3.72. The molecule has 1 N–H and O–H groups in total. The van der Waals surface area contributed by atoms with E-state index in [0.29, 0.717) is 5.56 Å². The van der Waals surface area contributed by atoms with Gasteiger partial charge >= 0.3 is 5.97 Å². The van der Waals surface area contributed by atoms with Gasteiger partial charge in [0, 0.05) is 0 Å². The van der Waals surface area contributed by atoms with Crippen LogP contribution in [0, 0.1) is 0 Å². The molecule has 2 aromatic rings. The Morgan fingerprint density at radius 1 is 1.17 bits per heavy atom. The van der Waals surface area contributed by atoms with Crippen LogP contribution in [0.25, 0.3) is 10.8 Å². The molecule has 0 amide bonds. The molecular formula is C15H16O3. The first-order valence-corrected chi connectivity index (χ1v) is 6.10. The zero-order valence-electron chi connectivity index (χ0n) is 10.3. The molecule has 18 heavy (non-hydrogen) atoms. The fourth-order valence-corrected chi connectivity index (χ4v) is 1.78. The number of benzene rings is 2. The summed E-state index contributed by atoms with van der Waals surface area (Å²) in [5.41, 5.74) is 0.308. The van der Waals surface area contributed by atoms with Crippen LogP contribution in [0.1, 0.15) is 30.1 Å². The number of rotatable bonds is 5. The molecule has 0 aliphatic heterocycles. The maximum absolute atomic E-state index is 10.9. The second-order valence-corrected chi connectivity index (χ2v) is 4.23. The van der Waals surface area contributed by atoms with Gasteiger partial charge in [0.2, 0.25) is 0 Å². The van der Waals surface area contributed by atoms with Crippen molar-refractivity contribution in [3.63, 3.8) is 0 Å². The fraction of sp³-hybridized carbons (Fsp3) is 0.267. The van der Waals surface area contributed by atoms with E-state index in [0.717, 1.165) is 36.0 Å². The molecule has 2 rings (SSSR count). The summed E-state index contributed by atoms with van der Waals surface area (Å²) in [6.45, 7) is 2.84. The molecular weight excluding hydrogens is 228 g/mol. The van der Waals surface area contributed by atoms with E-state index in [1.165, 1.54) is 0 Å². The van der Waals surface area contributed by atoms with Crippen LogP contribution < -0.4 is 4.74 Å². The van der Waals surface area contributed by atoms with Gasteiger partial charge in [0.25, 0.3) is 0 Å². The van der Waals surface area contributed by atoms with Gasteiger partial charge in [-0.25, -0.2) is 4.79 Å². The van der Waals surface area contributed by atoms with Crippen molar-refractivity contribution in [3.05, 3.63) is 42.0 Å². The molecule has 0 fully saturated rings. The van der Waals surface area contributed by atoms with Crippen LogP contribution in [-0.4, -0.2) is 17.7 Å². The van der Waals surface area contributed by atoms with E-state index in [9.17, 15) is 4.79 Å². The Balaban J connectivity index is 2.24. The molecule has 0 unspecified atom stereocenters. The van der Waals surface area contributed by atoms with Crippen LogP contribution in [0.2, 0.25) is 0 Å². The minimum absolute atomic E-state index is 0.308. The van der Waals surface area contributed by atoms with Crippen molar-refractivity contribution >= 4 is 16.7 Å². The van der Waals surface area contributed by atoms with Crippen LogP contribution in [0.3, 0.4) is 0 Å². The van der Waals surface area contributed by atoms with E-state index in [2.05, 4.69) is 6.92 Å². The topological polar surface area (TPSA) is 46.5 Å². The third-order valence-corrected chi connectivity index (χ3v) is 2.83. The average Bonchev–Trinajstić information content (AvgIpc) is 2.38. The smallest absolute Gasteiger partial charge is 0.335 e. The van der Waals surface area contributed by atoms with Crippen molar-refractivity contribution in [2.75, 3.05) is 6.61 Å². The van der Waals surface area contributed by atoms with Crippen molar-refractivity contribution < 1.29 is 14.6 Å². The van der Waals surface area contributed by atoms with Gasteiger partial charge in [-0.3, -0.25) is 0 Å². The molecule has 0 aliphatic rings. The highest BCUT2D eigenvalue weighted by molar-refractivity contribution is 5.94. The predicted molar refractivity (Wildman–Crippen MR) is 71.3 cm³/mol. The van der Waals surface area contributed by atoms with Gasteiger partial charge in [-0.05, 0) is 41.5 Å². The first-order valence-electron chi connectivity index (χ1n) is 6.10. The Bertz CT molecular complexity index is 561. The number of unbranched alkanes of at least 4 members (excludes halogenated alkanes) is 1. The molecule has 0 aliphatic carbocycles. The molecule has 3 heteroatoms. The Kier molecular flexibility index (Phi) is 3.82. The number of hydrogen-bond donors (Lipinski definition) is 1. The number of hydrogen-bond acceptors (Lipinski definition) is 2. The van der Waals surface area contributed by atoms with E-state index >= 15 is 0 Å². The first kappa shape index (κ1) is 12.4. The number of carboxylic acids is 1. The Morgan fingerprint density at radius 3 is 2.61 bits per heavy atom. The van der Waals surface area contributed by atoms with Crippen molar-refractivity contribution in [1.29, 1.82) is 0 Å². The molecule has 0 bridgehead atoms. The summed E-state index contributed by atoms with van der Waals surface area (Å²) in [6, 6.07) is 10.8. The molecule has 94 valence electrons. The monoisotopic (exact) mass is 244 g/mol. The highest BCUT2D eigenvalue weighted by Crippen LogP contribution is 2.22. The number of aromatic carboxylic acids is 1. The lowest BCUT2D eigenvalue weighted by Gasteiger charge is -2.07. The van der Waals surface area contributed by atoms with E-state index in [-0.39, 0.29) is 0 Å². The number of carboxylic acid groups (broad SMARTS) is 1. The summed E-state index contributed by atoms with van der Waals surface area (Å²) in [4.78, 5) is 10.9. The summed E-state index contributed by atoms with van der Waals surface area (Å²) in [6.07, 6.45) is 2.14. The zero-order valence-corrected chi connectivity index (χ0v) is 10.3. The van der Waals surface area contributed by atoms with E-state index in [1.54, 1.807) is 12.1 Å². The van der Waals surface area contributed by atoms with Gasteiger partial charge in [0.15, 0.2) is 0 Å². The summed E-state index contributed by atoms with van der Waals surface area (Å²) in [5.74, 6) is -0.0702. The van der Waals surface area contributed by atoms with Gasteiger partial charge in [0.1, 0.15) is 5.75 Å². The summed E-state index contributed by atoms with van der Waals surface area (Å²) in [5, 5.41) is 10.8. The summed E-state index contributed by atoms with van der Waals surface area (Å²) >= 11 is 0. The molecule has 0 saturated carbocycles. The minimum atomic E-state index is -0.903. The van der Waals surface area contributed by atoms with Crippen LogP contribution in [0.15, 0.2) is 36.4 Å². The van der Waals surface area contributed by atoms with Gasteiger partial charge in [0.05, 0.1) is 12.2 Å². The van der Waals surface area contributed by atoms with Crippen molar-refractivity contribution in [1.82, 2.24) is 0 Å². The van der Waals surface area contributed by atoms with Crippen LogP contribution in [0.5, 0.6) is 5.75 Å². The Hall–Kier alpha value is -2.03. The molecule has 2 aromatic carbocycles. The van der Waals surface area contributed by atoms with E-state index in [4.69, 9.17) is 9.84 Å². The minimum Gasteiger partial charge on any atom is -0.494 e. The lowest BCUT2D eigenvalue weighted by molar-refractivity contribution is 0.0697. The lowest BCUT2D eigenvalue weighted by Crippen LogP contribution is -1.97. The second-order valence-electron chi connectivity index (χ2n) is 4.23. The molecule has 0 saturated heterocycles. The maximum atomic E-state index is 10.9. The first-order chi connectivity index (χ1) is 8.70. The molecule has 0 aromatic heterocycles. The SMILES string of the molecule is CCCCOc1ccc2cc(C(=O)O)ccc2c1. The van der Waals surface area contributed by atoms with Crippen molar-refractivity contribution in [2.24, 2.45) is 0 Å². The maximum Gasteiger partial charge on any atom is 0.335 e. The van der Waals surface area contributed by atoms with Gasteiger partial charge in [-0.1, -0.05) is 25.5 Å². The quantitative estimate of drug-likeness (QED) is 0.815. The van der Waals surface area contributed by atoms with E-state index < -0.39 is 5.97 Å². The normalized spacial score (nSPS) is 10.5. The fourth-order valence-electron chi connectivity index (χ4n) is 1.78. The summed E-state index contributed by atoms with van der Waals surface area (Å²) in [7, 11) is 0. The molecule has 0 spiro atoms. The Morgan fingerprint density at radius 2 is 1.89 bits per heavy atom. The molecule has 3 nitrogen and oxygen atoms in total. The van der Waals surface area contributed by atoms with E-state index in [1.807, 2.05) is 24.3 Å². The highest BCUT2D eigenvalue weighted by atomic mass is 16.5. The Labute approximate surface area is 106 Å². The standard InChI is InChI=1S/C15H16O3/c1-2-3-8-18-14-7-6-11-9-13(15(16)17)5-4-12(11)10-14/h4-7,9-10H,2-3,8H2,1H3,(H,16,17).